The van der Waals surface area contributed by atoms with Crippen LogP contribution in [0.2, 0.25) is 0 Å². The molecular weight excluding hydrogens is 481 g/mol. The zero-order chi connectivity index (χ0) is 25.1. The molecule has 0 atom stereocenters. The molecule has 10 heteroatoms. The van der Waals surface area contributed by atoms with Crippen LogP contribution in [0.1, 0.15) is 39.0 Å². The molecule has 2 fully saturated rings. The van der Waals surface area contributed by atoms with Crippen molar-refractivity contribution in [3.63, 3.8) is 0 Å². The molecule has 2 heterocycles. The maximum absolute atomic E-state index is 13.2. The molecule has 0 saturated carbocycles. The first-order chi connectivity index (χ1) is 16.6. The Bertz CT molecular complexity index is 1100. The number of hydrogen-bond acceptors (Lipinski definition) is 5. The van der Waals surface area contributed by atoms with Crippen molar-refractivity contribution in [1.29, 1.82) is 0 Å². The summed E-state index contributed by atoms with van der Waals surface area (Å²) in [5.41, 5.74) is 1.10. The standard InChI is InChI=1S/C25H31F3N2O4S/c1-2-3-18-33-21-10-8-20(9-11-21)29-15-12-24(19-29)13-16-30(17-14-24)35(31,32)23-7-5-4-6-22(23)34-25(26,27)28/h4-11H,2-3,12-19H2,1H3. The van der Waals surface area contributed by atoms with E-state index in [1.807, 2.05) is 12.1 Å². The van der Waals surface area contributed by atoms with E-state index >= 15 is 0 Å². The summed E-state index contributed by atoms with van der Waals surface area (Å²) >= 11 is 0. The summed E-state index contributed by atoms with van der Waals surface area (Å²) in [6, 6.07) is 13.0. The zero-order valence-corrected chi connectivity index (χ0v) is 20.6. The summed E-state index contributed by atoms with van der Waals surface area (Å²) in [5.74, 6) is 0.152. The highest BCUT2D eigenvalue weighted by Gasteiger charge is 2.44. The van der Waals surface area contributed by atoms with Gasteiger partial charge in [0.2, 0.25) is 10.0 Å². The number of benzene rings is 2. The Hall–Kier alpha value is -2.46. The monoisotopic (exact) mass is 512 g/mol. The minimum Gasteiger partial charge on any atom is -0.494 e. The fourth-order valence-corrected chi connectivity index (χ4v) is 6.42. The third kappa shape index (κ3) is 6.03. The third-order valence-electron chi connectivity index (χ3n) is 6.88. The number of rotatable bonds is 8. The normalized spacial score (nSPS) is 18.7. The van der Waals surface area contributed by atoms with Gasteiger partial charge in [-0.2, -0.15) is 4.31 Å². The Labute approximate surface area is 204 Å². The number of ether oxygens (including phenoxy) is 2. The number of anilines is 1. The average molecular weight is 513 g/mol. The number of unbranched alkanes of at least 4 members (excludes halogenated alkanes) is 1. The molecule has 0 aromatic heterocycles. The van der Waals surface area contributed by atoms with Crippen LogP contribution in [0.5, 0.6) is 11.5 Å². The average Bonchev–Trinajstić information content (AvgIpc) is 3.22. The summed E-state index contributed by atoms with van der Waals surface area (Å²) in [5, 5.41) is 0. The summed E-state index contributed by atoms with van der Waals surface area (Å²) in [6.07, 6.45) is -0.606. The largest absolute Gasteiger partial charge is 0.573 e. The summed E-state index contributed by atoms with van der Waals surface area (Å²) < 4.78 is 75.7. The van der Waals surface area contributed by atoms with E-state index < -0.39 is 27.0 Å². The molecule has 0 bridgehead atoms. The fourth-order valence-electron chi connectivity index (χ4n) is 4.86. The smallest absolute Gasteiger partial charge is 0.494 e. The second kappa shape index (κ2) is 10.3. The number of para-hydroxylation sites is 1. The van der Waals surface area contributed by atoms with Gasteiger partial charge in [-0.3, -0.25) is 0 Å². The van der Waals surface area contributed by atoms with Gasteiger partial charge in [0, 0.05) is 31.9 Å². The molecule has 0 amide bonds. The van der Waals surface area contributed by atoms with Crippen LogP contribution in [0.4, 0.5) is 18.9 Å². The molecule has 35 heavy (non-hydrogen) atoms. The van der Waals surface area contributed by atoms with Crippen molar-refractivity contribution in [1.82, 2.24) is 4.31 Å². The quantitative estimate of drug-likeness (QED) is 0.441. The Kier molecular flexibility index (Phi) is 7.51. The summed E-state index contributed by atoms with van der Waals surface area (Å²) in [4.78, 5) is 1.86. The van der Waals surface area contributed by atoms with Gasteiger partial charge in [0.15, 0.2) is 0 Å². The predicted octanol–water partition coefficient (Wildman–Crippen LogP) is 5.45. The van der Waals surface area contributed by atoms with Gasteiger partial charge in [-0.25, -0.2) is 8.42 Å². The van der Waals surface area contributed by atoms with Crippen LogP contribution in [0, 0.1) is 5.41 Å². The number of halogens is 3. The van der Waals surface area contributed by atoms with E-state index in [1.54, 1.807) is 0 Å². The highest BCUT2D eigenvalue weighted by Crippen LogP contribution is 2.43. The van der Waals surface area contributed by atoms with E-state index in [4.69, 9.17) is 4.74 Å². The number of sulfonamides is 1. The van der Waals surface area contributed by atoms with E-state index in [0.29, 0.717) is 19.4 Å². The lowest BCUT2D eigenvalue weighted by molar-refractivity contribution is -0.275. The molecule has 2 aromatic carbocycles. The number of nitrogens with zero attached hydrogens (tertiary/aromatic N) is 2. The Balaban J connectivity index is 1.38. The number of piperidine rings is 1. The van der Waals surface area contributed by atoms with Crippen LogP contribution in [0.25, 0.3) is 0 Å². The minimum atomic E-state index is -4.97. The van der Waals surface area contributed by atoms with Gasteiger partial charge in [0.1, 0.15) is 16.4 Å². The van der Waals surface area contributed by atoms with E-state index in [-0.39, 0.29) is 18.5 Å². The molecule has 1 spiro atoms. The number of hydrogen-bond donors (Lipinski definition) is 0. The van der Waals surface area contributed by atoms with Crippen molar-refractivity contribution in [3.05, 3.63) is 48.5 Å². The van der Waals surface area contributed by atoms with Gasteiger partial charge < -0.3 is 14.4 Å². The first-order valence-electron chi connectivity index (χ1n) is 11.9. The van der Waals surface area contributed by atoms with Crippen LogP contribution < -0.4 is 14.4 Å². The highest BCUT2D eigenvalue weighted by atomic mass is 32.2. The topological polar surface area (TPSA) is 59.1 Å². The van der Waals surface area contributed by atoms with Gasteiger partial charge in [0.25, 0.3) is 0 Å². The first kappa shape index (κ1) is 25.6. The molecule has 192 valence electrons. The zero-order valence-electron chi connectivity index (χ0n) is 19.8. The number of alkyl halides is 3. The molecule has 0 aliphatic carbocycles. The van der Waals surface area contributed by atoms with Crippen LogP contribution in [-0.4, -0.2) is 51.9 Å². The van der Waals surface area contributed by atoms with Crippen LogP contribution in [0.15, 0.2) is 53.4 Å². The van der Waals surface area contributed by atoms with E-state index in [1.165, 1.54) is 16.4 Å². The van der Waals surface area contributed by atoms with Crippen LogP contribution in [0.3, 0.4) is 0 Å². The van der Waals surface area contributed by atoms with Crippen molar-refractivity contribution < 1.29 is 31.1 Å². The molecule has 2 aliphatic heterocycles. The van der Waals surface area contributed by atoms with Crippen molar-refractivity contribution in [2.75, 3.05) is 37.7 Å². The summed E-state index contributed by atoms with van der Waals surface area (Å²) in [7, 11) is -4.11. The van der Waals surface area contributed by atoms with E-state index in [2.05, 4.69) is 28.7 Å². The van der Waals surface area contributed by atoms with Gasteiger partial charge in [-0.1, -0.05) is 25.5 Å². The van der Waals surface area contributed by atoms with Crippen molar-refractivity contribution >= 4 is 15.7 Å². The molecule has 2 aliphatic rings. The molecule has 6 nitrogen and oxygen atoms in total. The van der Waals surface area contributed by atoms with Gasteiger partial charge in [-0.05, 0) is 67.5 Å². The lowest BCUT2D eigenvalue weighted by atomic mass is 9.78. The van der Waals surface area contributed by atoms with Crippen molar-refractivity contribution in [2.24, 2.45) is 5.41 Å². The summed E-state index contributed by atoms with van der Waals surface area (Å²) in [6.45, 7) is 5.06. The predicted molar refractivity (Wildman–Crippen MR) is 127 cm³/mol. The Morgan fingerprint density at radius 2 is 1.63 bits per heavy atom. The van der Waals surface area contributed by atoms with Gasteiger partial charge in [-0.15, -0.1) is 13.2 Å². The lowest BCUT2D eigenvalue weighted by Crippen LogP contribution is -2.44. The van der Waals surface area contributed by atoms with Crippen molar-refractivity contribution in [2.45, 2.75) is 50.3 Å². The Morgan fingerprint density at radius 1 is 0.971 bits per heavy atom. The first-order valence-corrected chi connectivity index (χ1v) is 13.4. The van der Waals surface area contributed by atoms with Crippen LogP contribution >= 0.6 is 0 Å². The Morgan fingerprint density at radius 3 is 2.29 bits per heavy atom. The van der Waals surface area contributed by atoms with E-state index in [9.17, 15) is 21.6 Å². The maximum atomic E-state index is 13.2. The molecule has 4 rings (SSSR count). The second-order valence-electron chi connectivity index (χ2n) is 9.27. The van der Waals surface area contributed by atoms with E-state index in [0.717, 1.165) is 55.9 Å². The maximum Gasteiger partial charge on any atom is 0.573 e. The third-order valence-corrected chi connectivity index (χ3v) is 8.82. The van der Waals surface area contributed by atoms with Crippen LogP contribution in [-0.2, 0) is 10.0 Å². The molecule has 0 radical (unpaired) electrons. The lowest BCUT2D eigenvalue weighted by Gasteiger charge is -2.38. The molecule has 0 N–H and O–H groups in total. The molecular formula is C25H31F3N2O4S. The molecule has 2 aromatic rings. The van der Waals surface area contributed by atoms with Crippen molar-refractivity contribution in [3.8, 4) is 11.5 Å². The minimum absolute atomic E-state index is 0.00962. The molecule has 0 unspecified atom stereocenters. The second-order valence-corrected chi connectivity index (χ2v) is 11.2. The highest BCUT2D eigenvalue weighted by molar-refractivity contribution is 7.89. The SMILES string of the molecule is CCCCOc1ccc(N2CCC3(CCN(S(=O)(=O)c4ccccc4OC(F)(F)F)CC3)C2)cc1. The molecule has 2 saturated heterocycles. The fraction of sp³-hybridized carbons (Fsp3) is 0.520. The van der Waals surface area contributed by atoms with Gasteiger partial charge in [0.05, 0.1) is 6.61 Å². The van der Waals surface area contributed by atoms with Gasteiger partial charge >= 0.3 is 6.36 Å².